The van der Waals surface area contributed by atoms with Crippen molar-refractivity contribution < 1.29 is 9.59 Å². The molecule has 0 N–H and O–H groups in total. The van der Waals surface area contributed by atoms with Gasteiger partial charge < -0.3 is 0 Å². The fraction of sp³-hybridized carbons (Fsp3) is 0.182. The Bertz CT molecular complexity index is 456. The molecule has 0 radical (unpaired) electrons. The minimum atomic E-state index is -0.270. The molecular formula is C11H10N2O2S. The zero-order valence-electron chi connectivity index (χ0n) is 8.71. The molecule has 1 heterocycles. The van der Waals surface area contributed by atoms with Crippen molar-refractivity contribution in [2.24, 2.45) is 4.99 Å². The van der Waals surface area contributed by atoms with Crippen molar-refractivity contribution >= 4 is 28.7 Å². The van der Waals surface area contributed by atoms with Crippen molar-refractivity contribution in [3.8, 4) is 0 Å². The molecule has 0 saturated heterocycles. The van der Waals surface area contributed by atoms with Gasteiger partial charge in [0.2, 0.25) is 0 Å². The fourth-order valence-electron chi connectivity index (χ4n) is 1.46. The number of carbonyl (C=O) groups is 2. The van der Waals surface area contributed by atoms with E-state index in [4.69, 9.17) is 0 Å². The van der Waals surface area contributed by atoms with Gasteiger partial charge >= 0.3 is 0 Å². The van der Waals surface area contributed by atoms with E-state index in [1.54, 1.807) is 30.5 Å². The SMILES string of the molecule is CSC1=NC(=O)CN1C(=O)c1ccccc1. The molecule has 0 saturated carbocycles. The molecule has 2 rings (SSSR count). The minimum absolute atomic E-state index is 0.0455. The number of aliphatic imine (C=N–C) groups is 1. The van der Waals surface area contributed by atoms with E-state index in [0.717, 1.165) is 0 Å². The van der Waals surface area contributed by atoms with E-state index in [9.17, 15) is 9.59 Å². The Morgan fingerprint density at radius 2 is 2.06 bits per heavy atom. The lowest BCUT2D eigenvalue weighted by atomic mass is 10.2. The van der Waals surface area contributed by atoms with Gasteiger partial charge in [0.1, 0.15) is 6.54 Å². The van der Waals surface area contributed by atoms with Crippen LogP contribution in [0.2, 0.25) is 0 Å². The van der Waals surface area contributed by atoms with E-state index in [2.05, 4.69) is 4.99 Å². The van der Waals surface area contributed by atoms with Gasteiger partial charge in [-0.1, -0.05) is 30.0 Å². The Balaban J connectivity index is 2.24. The summed E-state index contributed by atoms with van der Waals surface area (Å²) in [5, 5.41) is 0.471. The Labute approximate surface area is 97.4 Å². The summed E-state index contributed by atoms with van der Waals surface area (Å²) in [4.78, 5) is 28.4. The van der Waals surface area contributed by atoms with Crippen molar-refractivity contribution in [2.75, 3.05) is 12.8 Å². The highest BCUT2D eigenvalue weighted by Crippen LogP contribution is 2.15. The summed E-state index contributed by atoms with van der Waals surface area (Å²) < 4.78 is 0. The van der Waals surface area contributed by atoms with E-state index in [0.29, 0.717) is 10.7 Å². The van der Waals surface area contributed by atoms with Crippen LogP contribution in [0.3, 0.4) is 0 Å². The first kappa shape index (κ1) is 10.9. The maximum absolute atomic E-state index is 12.0. The topological polar surface area (TPSA) is 49.7 Å². The predicted molar refractivity (Wildman–Crippen MR) is 63.4 cm³/mol. The summed E-state index contributed by atoms with van der Waals surface area (Å²) in [6, 6.07) is 8.88. The second kappa shape index (κ2) is 4.49. The van der Waals surface area contributed by atoms with Crippen molar-refractivity contribution in [1.29, 1.82) is 0 Å². The molecule has 1 aliphatic rings. The molecule has 0 atom stereocenters. The van der Waals surface area contributed by atoms with Gasteiger partial charge in [0.25, 0.3) is 11.8 Å². The molecule has 5 heteroatoms. The van der Waals surface area contributed by atoms with Crippen LogP contribution in [0.5, 0.6) is 0 Å². The summed E-state index contributed by atoms with van der Waals surface area (Å²) in [7, 11) is 0. The number of carbonyl (C=O) groups excluding carboxylic acids is 2. The Morgan fingerprint density at radius 1 is 1.38 bits per heavy atom. The van der Waals surface area contributed by atoms with Crippen LogP contribution in [0.25, 0.3) is 0 Å². The average Bonchev–Trinajstić information content (AvgIpc) is 2.70. The van der Waals surface area contributed by atoms with Crippen LogP contribution in [0.15, 0.2) is 35.3 Å². The molecular weight excluding hydrogens is 224 g/mol. The van der Waals surface area contributed by atoms with Gasteiger partial charge in [-0.3, -0.25) is 14.5 Å². The quantitative estimate of drug-likeness (QED) is 0.737. The van der Waals surface area contributed by atoms with Gasteiger partial charge in [0.05, 0.1) is 0 Å². The summed E-state index contributed by atoms with van der Waals surface area (Å²) in [6.45, 7) is 0.0455. The van der Waals surface area contributed by atoms with Crippen LogP contribution in [-0.4, -0.2) is 34.7 Å². The maximum Gasteiger partial charge on any atom is 0.268 e. The Kier molecular flexibility index (Phi) is 3.05. The molecule has 0 spiro atoms. The summed E-state index contributed by atoms with van der Waals surface area (Å²) >= 11 is 1.30. The van der Waals surface area contributed by atoms with Gasteiger partial charge in [-0.2, -0.15) is 4.99 Å². The number of hydrogen-bond donors (Lipinski definition) is 0. The van der Waals surface area contributed by atoms with Crippen LogP contribution in [0.4, 0.5) is 0 Å². The van der Waals surface area contributed by atoms with Crippen molar-refractivity contribution in [1.82, 2.24) is 4.90 Å². The highest BCUT2D eigenvalue weighted by atomic mass is 32.2. The third kappa shape index (κ3) is 1.99. The molecule has 0 fully saturated rings. The summed E-state index contributed by atoms with van der Waals surface area (Å²) in [5.41, 5.74) is 0.568. The third-order valence-electron chi connectivity index (χ3n) is 2.19. The molecule has 0 aromatic heterocycles. The van der Waals surface area contributed by atoms with Gasteiger partial charge in [-0.05, 0) is 18.4 Å². The van der Waals surface area contributed by atoms with Crippen LogP contribution in [0.1, 0.15) is 10.4 Å². The Morgan fingerprint density at radius 3 is 2.69 bits per heavy atom. The number of amidine groups is 1. The highest BCUT2D eigenvalue weighted by Gasteiger charge is 2.28. The largest absolute Gasteiger partial charge is 0.277 e. The second-order valence-electron chi connectivity index (χ2n) is 3.25. The minimum Gasteiger partial charge on any atom is -0.277 e. The molecule has 1 aromatic rings. The number of thioether (sulfide) groups is 1. The lowest BCUT2D eigenvalue weighted by Gasteiger charge is -2.15. The predicted octanol–water partition coefficient (Wildman–Crippen LogP) is 1.39. The first-order valence-corrected chi connectivity index (χ1v) is 5.97. The molecule has 0 bridgehead atoms. The van der Waals surface area contributed by atoms with E-state index in [-0.39, 0.29) is 18.4 Å². The first-order chi connectivity index (χ1) is 7.72. The zero-order valence-corrected chi connectivity index (χ0v) is 9.53. The number of rotatable bonds is 1. The molecule has 16 heavy (non-hydrogen) atoms. The lowest BCUT2D eigenvalue weighted by Crippen LogP contribution is -2.33. The molecule has 0 unspecified atom stereocenters. The average molecular weight is 234 g/mol. The number of amides is 2. The van der Waals surface area contributed by atoms with Gasteiger partial charge in [-0.15, -0.1) is 0 Å². The molecule has 2 amide bonds. The van der Waals surface area contributed by atoms with Crippen molar-refractivity contribution in [3.63, 3.8) is 0 Å². The van der Waals surface area contributed by atoms with E-state index in [1.807, 2.05) is 6.07 Å². The molecule has 1 aromatic carbocycles. The van der Waals surface area contributed by atoms with Crippen molar-refractivity contribution in [3.05, 3.63) is 35.9 Å². The number of hydrogen-bond acceptors (Lipinski definition) is 3. The van der Waals surface area contributed by atoms with Gasteiger partial charge in [0, 0.05) is 5.56 Å². The van der Waals surface area contributed by atoms with Crippen LogP contribution in [0, 0.1) is 0 Å². The first-order valence-electron chi connectivity index (χ1n) is 4.75. The third-order valence-corrected chi connectivity index (χ3v) is 2.87. The molecule has 1 aliphatic heterocycles. The smallest absolute Gasteiger partial charge is 0.268 e. The van der Waals surface area contributed by atoms with E-state index in [1.165, 1.54) is 16.7 Å². The lowest BCUT2D eigenvalue weighted by molar-refractivity contribution is -0.116. The number of nitrogens with zero attached hydrogens (tertiary/aromatic N) is 2. The van der Waals surface area contributed by atoms with E-state index >= 15 is 0 Å². The standard InChI is InChI=1S/C11H10N2O2S/c1-16-11-12-9(14)7-13(11)10(15)8-5-3-2-4-6-8/h2-6H,7H2,1H3. The number of benzene rings is 1. The van der Waals surface area contributed by atoms with E-state index < -0.39 is 0 Å². The van der Waals surface area contributed by atoms with Crippen LogP contribution < -0.4 is 0 Å². The fourth-order valence-corrected chi connectivity index (χ4v) is 2.02. The molecule has 4 nitrogen and oxygen atoms in total. The monoisotopic (exact) mass is 234 g/mol. The summed E-state index contributed by atoms with van der Waals surface area (Å²) in [5.74, 6) is -0.451. The van der Waals surface area contributed by atoms with Crippen LogP contribution >= 0.6 is 11.8 Å². The highest BCUT2D eigenvalue weighted by molar-refractivity contribution is 8.13. The van der Waals surface area contributed by atoms with Gasteiger partial charge in [0.15, 0.2) is 5.17 Å². The molecule has 0 aliphatic carbocycles. The van der Waals surface area contributed by atoms with Crippen molar-refractivity contribution in [2.45, 2.75) is 0 Å². The van der Waals surface area contributed by atoms with Gasteiger partial charge in [-0.25, -0.2) is 0 Å². The van der Waals surface area contributed by atoms with Crippen LogP contribution in [-0.2, 0) is 4.79 Å². The zero-order chi connectivity index (χ0) is 11.5. The Hall–Kier alpha value is -1.62. The maximum atomic E-state index is 12.0. The second-order valence-corrected chi connectivity index (χ2v) is 4.02. The normalized spacial score (nSPS) is 15.2. The summed E-state index contributed by atoms with van der Waals surface area (Å²) in [6.07, 6.45) is 1.79. The molecule has 82 valence electrons.